The first-order valence-electron chi connectivity index (χ1n) is 4.95. The molecule has 0 heterocycles. The van der Waals surface area contributed by atoms with Crippen molar-refractivity contribution in [1.29, 1.82) is 0 Å². The van der Waals surface area contributed by atoms with Gasteiger partial charge in [-0.15, -0.1) is 11.8 Å². The van der Waals surface area contributed by atoms with E-state index in [4.69, 9.17) is 10.2 Å². The lowest BCUT2D eigenvalue weighted by atomic mass is 10.3. The Hall–Kier alpha value is -1.53. The van der Waals surface area contributed by atoms with Crippen molar-refractivity contribution in [1.82, 2.24) is 5.32 Å². The zero-order valence-corrected chi connectivity index (χ0v) is 9.81. The van der Waals surface area contributed by atoms with Crippen molar-refractivity contribution >= 4 is 23.6 Å². The number of nitrogens with one attached hydrogen (secondary N) is 1. The molecule has 6 heteroatoms. The fourth-order valence-electron chi connectivity index (χ4n) is 1.01. The van der Waals surface area contributed by atoms with Gasteiger partial charge < -0.3 is 15.5 Å². The Balaban J connectivity index is 2.24. The van der Waals surface area contributed by atoms with Crippen LogP contribution < -0.4 is 5.32 Å². The van der Waals surface area contributed by atoms with Gasteiger partial charge in [0.1, 0.15) is 0 Å². The molecule has 0 bridgehead atoms. The first kappa shape index (κ1) is 13.5. The van der Waals surface area contributed by atoms with Gasteiger partial charge in [-0.3, -0.25) is 4.79 Å². The number of hydrogen-bond donors (Lipinski definition) is 3. The van der Waals surface area contributed by atoms with Crippen molar-refractivity contribution in [2.75, 3.05) is 12.3 Å². The number of aliphatic hydroxyl groups is 1. The molecule has 0 aliphatic carbocycles. The van der Waals surface area contributed by atoms with Gasteiger partial charge in [0.25, 0.3) is 0 Å². The second kappa shape index (κ2) is 6.93. The number of aliphatic hydroxyl groups excluding tert-OH is 1. The molecule has 3 N–H and O–H groups in total. The van der Waals surface area contributed by atoms with Crippen molar-refractivity contribution < 1.29 is 19.8 Å². The Labute approximate surface area is 103 Å². The maximum Gasteiger partial charge on any atom is 0.334 e. The van der Waals surface area contributed by atoms with Crippen molar-refractivity contribution in [3.8, 4) is 0 Å². The minimum absolute atomic E-state index is 0.191. The number of carboxylic acid groups (broad SMARTS) is 1. The van der Waals surface area contributed by atoms with Crippen LogP contribution in [0.4, 0.5) is 0 Å². The summed E-state index contributed by atoms with van der Waals surface area (Å²) in [5.74, 6) is -1.46. The van der Waals surface area contributed by atoms with Crippen LogP contribution in [-0.2, 0) is 9.59 Å². The van der Waals surface area contributed by atoms with Crippen LogP contribution in [0.2, 0.25) is 0 Å². The van der Waals surface area contributed by atoms with Crippen LogP contribution in [0.3, 0.4) is 0 Å². The fraction of sp³-hybridized carbons (Fsp3) is 0.273. The van der Waals surface area contributed by atoms with Crippen molar-refractivity contribution in [3.63, 3.8) is 0 Å². The van der Waals surface area contributed by atoms with Gasteiger partial charge in [0.2, 0.25) is 5.91 Å². The maximum atomic E-state index is 11.3. The highest BCUT2D eigenvalue weighted by atomic mass is 32.2. The van der Waals surface area contributed by atoms with Crippen LogP contribution in [0.5, 0.6) is 0 Å². The van der Waals surface area contributed by atoms with Crippen LogP contribution >= 0.6 is 11.8 Å². The largest absolute Gasteiger partial charge is 0.479 e. The summed E-state index contributed by atoms with van der Waals surface area (Å²) in [5, 5.41) is 19.7. The standard InChI is InChI=1S/C11H13NO4S/c13-9(11(15)16)6-12-10(14)7-17-8-4-2-1-3-5-8/h1-5,9,13H,6-7H2,(H,12,14)(H,15,16). The van der Waals surface area contributed by atoms with Crippen molar-refractivity contribution in [2.24, 2.45) is 0 Å². The smallest absolute Gasteiger partial charge is 0.334 e. The Morgan fingerprint density at radius 1 is 1.29 bits per heavy atom. The number of carbonyl (C=O) groups is 2. The SMILES string of the molecule is O=C(CSc1ccccc1)NCC(O)C(=O)O. The summed E-state index contributed by atoms with van der Waals surface area (Å²) >= 11 is 1.35. The van der Waals surface area contributed by atoms with Gasteiger partial charge in [-0.25, -0.2) is 4.79 Å². The van der Waals surface area contributed by atoms with Crippen LogP contribution in [0.1, 0.15) is 0 Å². The van der Waals surface area contributed by atoms with Gasteiger partial charge in [-0.05, 0) is 12.1 Å². The Kier molecular flexibility index (Phi) is 5.51. The number of aliphatic carboxylic acids is 1. The number of hydrogen-bond acceptors (Lipinski definition) is 4. The summed E-state index contributed by atoms with van der Waals surface area (Å²) in [6.07, 6.45) is -1.55. The average Bonchev–Trinajstić information content (AvgIpc) is 2.34. The average molecular weight is 255 g/mol. The van der Waals surface area contributed by atoms with E-state index in [1.807, 2.05) is 30.3 Å². The summed E-state index contributed by atoms with van der Waals surface area (Å²) in [6.45, 7) is -0.274. The van der Waals surface area contributed by atoms with E-state index in [1.54, 1.807) is 0 Å². The lowest BCUT2D eigenvalue weighted by Crippen LogP contribution is -2.37. The minimum Gasteiger partial charge on any atom is -0.479 e. The van der Waals surface area contributed by atoms with E-state index in [0.29, 0.717) is 0 Å². The second-order valence-electron chi connectivity index (χ2n) is 3.26. The fourth-order valence-corrected chi connectivity index (χ4v) is 1.76. The molecule has 17 heavy (non-hydrogen) atoms. The van der Waals surface area contributed by atoms with E-state index in [1.165, 1.54) is 11.8 Å². The molecule has 0 aliphatic rings. The molecule has 0 fully saturated rings. The summed E-state index contributed by atoms with van der Waals surface area (Å²) in [6, 6.07) is 9.38. The topological polar surface area (TPSA) is 86.6 Å². The highest BCUT2D eigenvalue weighted by Crippen LogP contribution is 2.15. The lowest BCUT2D eigenvalue weighted by Gasteiger charge is -2.07. The molecular formula is C11H13NO4S. The van der Waals surface area contributed by atoms with Gasteiger partial charge in [0.15, 0.2) is 6.10 Å². The van der Waals surface area contributed by atoms with E-state index < -0.39 is 12.1 Å². The molecule has 0 spiro atoms. The minimum atomic E-state index is -1.55. The molecule has 92 valence electrons. The molecule has 0 aromatic heterocycles. The molecule has 1 rings (SSSR count). The third kappa shape index (κ3) is 5.37. The molecule has 1 unspecified atom stereocenters. The van der Waals surface area contributed by atoms with Crippen molar-refractivity contribution in [2.45, 2.75) is 11.0 Å². The molecule has 5 nitrogen and oxygen atoms in total. The highest BCUT2D eigenvalue weighted by Gasteiger charge is 2.13. The van der Waals surface area contributed by atoms with Gasteiger partial charge in [-0.2, -0.15) is 0 Å². The molecular weight excluding hydrogens is 242 g/mol. The molecule has 0 aliphatic heterocycles. The first-order valence-corrected chi connectivity index (χ1v) is 5.93. The van der Waals surface area contributed by atoms with Crippen LogP contribution in [0.15, 0.2) is 35.2 Å². The molecule has 1 aromatic carbocycles. The number of amides is 1. The van der Waals surface area contributed by atoms with E-state index in [0.717, 1.165) is 4.90 Å². The predicted octanol–water partition coefficient (Wildman–Crippen LogP) is 0.340. The number of carbonyl (C=O) groups excluding carboxylic acids is 1. The van der Waals surface area contributed by atoms with E-state index in [-0.39, 0.29) is 18.2 Å². The zero-order chi connectivity index (χ0) is 12.7. The summed E-state index contributed by atoms with van der Waals surface area (Å²) in [7, 11) is 0. The third-order valence-corrected chi connectivity index (χ3v) is 2.90. The molecule has 1 atom stereocenters. The quantitative estimate of drug-likeness (QED) is 0.638. The molecule has 0 saturated heterocycles. The van der Waals surface area contributed by atoms with Gasteiger partial charge in [0.05, 0.1) is 12.3 Å². The Morgan fingerprint density at radius 3 is 2.53 bits per heavy atom. The lowest BCUT2D eigenvalue weighted by molar-refractivity contribution is -0.146. The number of rotatable bonds is 6. The number of thioether (sulfide) groups is 1. The zero-order valence-electron chi connectivity index (χ0n) is 9.00. The normalized spacial score (nSPS) is 11.8. The molecule has 0 radical (unpaired) electrons. The van der Waals surface area contributed by atoms with Gasteiger partial charge in [0, 0.05) is 4.90 Å². The summed E-state index contributed by atoms with van der Waals surface area (Å²) < 4.78 is 0. The van der Waals surface area contributed by atoms with Crippen LogP contribution in [0, 0.1) is 0 Å². The highest BCUT2D eigenvalue weighted by molar-refractivity contribution is 8.00. The number of carboxylic acids is 1. The Bertz CT molecular complexity index is 382. The number of benzene rings is 1. The van der Waals surface area contributed by atoms with Gasteiger partial charge in [-0.1, -0.05) is 18.2 Å². The Morgan fingerprint density at radius 2 is 1.94 bits per heavy atom. The summed E-state index contributed by atoms with van der Waals surface area (Å²) in [5.41, 5.74) is 0. The van der Waals surface area contributed by atoms with E-state index >= 15 is 0 Å². The second-order valence-corrected chi connectivity index (χ2v) is 4.31. The van der Waals surface area contributed by atoms with E-state index in [9.17, 15) is 9.59 Å². The van der Waals surface area contributed by atoms with Gasteiger partial charge >= 0.3 is 5.97 Å². The molecule has 1 aromatic rings. The molecule has 1 amide bonds. The first-order chi connectivity index (χ1) is 8.09. The summed E-state index contributed by atoms with van der Waals surface area (Å²) in [4.78, 5) is 22.6. The predicted molar refractivity (Wildman–Crippen MR) is 63.8 cm³/mol. The third-order valence-electron chi connectivity index (χ3n) is 1.89. The van der Waals surface area contributed by atoms with Crippen molar-refractivity contribution in [3.05, 3.63) is 30.3 Å². The van der Waals surface area contributed by atoms with Crippen LogP contribution in [-0.4, -0.2) is 40.5 Å². The monoisotopic (exact) mass is 255 g/mol. The molecule has 0 saturated carbocycles. The van der Waals surface area contributed by atoms with E-state index in [2.05, 4.69) is 5.32 Å². The maximum absolute atomic E-state index is 11.3. The van der Waals surface area contributed by atoms with Crippen LogP contribution in [0.25, 0.3) is 0 Å².